The highest BCUT2D eigenvalue weighted by molar-refractivity contribution is 6.38. The molecule has 0 amide bonds. The summed E-state index contributed by atoms with van der Waals surface area (Å²) in [6, 6.07) is 0. The van der Waals surface area contributed by atoms with Crippen molar-refractivity contribution < 1.29 is 47.9 Å². The number of rotatable bonds is 32. The lowest BCUT2D eigenvalue weighted by atomic mass is 9.73. The molecule has 1 aliphatic carbocycles. The highest BCUT2D eigenvalue weighted by Gasteiger charge is 2.43. The number of Topliss-reactive ketones (excluding diaryl/α,β-unsaturated/α-hetero) is 10. The lowest BCUT2D eigenvalue weighted by molar-refractivity contribution is -0.141. The van der Waals surface area contributed by atoms with Gasteiger partial charge < -0.3 is 14.4 Å². The minimum absolute atomic E-state index is 0.00697. The Kier molecular flexibility index (Phi) is 23.5. The van der Waals surface area contributed by atoms with Gasteiger partial charge in [0, 0.05) is 92.8 Å². The maximum absolute atomic E-state index is 14.3. The summed E-state index contributed by atoms with van der Waals surface area (Å²) in [6.45, 7) is 17.8. The van der Waals surface area contributed by atoms with Crippen LogP contribution in [0.25, 0.3) is 0 Å². The normalized spacial score (nSPS) is 18.2. The van der Waals surface area contributed by atoms with Gasteiger partial charge in [-0.05, 0) is 83.5 Å². The maximum Gasteiger partial charge on any atom is 0.201 e. The van der Waals surface area contributed by atoms with Gasteiger partial charge in [-0.2, -0.15) is 0 Å². The highest BCUT2D eigenvalue weighted by atomic mass is 16.2. The molecule has 0 spiro atoms. The standard InChI is InChI=1S/C47H74O10/c1-11-13-36(46(56)41(51)21-18-33(10)50)25-45(55)38-14-12-15-39(38)47(57)40(30(6)7)27-44(54)37(23-29(4)5)26-43(53)35(20-17-32(9)49)24-42(52)34(22-28(2)3)19-16-31(8)48/h28-30,34-40H,11-27H2,1-10H3. The van der Waals surface area contributed by atoms with Crippen LogP contribution in [0.3, 0.4) is 0 Å². The van der Waals surface area contributed by atoms with Gasteiger partial charge in [-0.25, -0.2) is 0 Å². The van der Waals surface area contributed by atoms with Crippen LogP contribution in [0.5, 0.6) is 0 Å². The zero-order chi connectivity index (χ0) is 43.6. The van der Waals surface area contributed by atoms with E-state index in [2.05, 4.69) is 0 Å². The van der Waals surface area contributed by atoms with Crippen molar-refractivity contribution in [2.75, 3.05) is 0 Å². The van der Waals surface area contributed by atoms with Gasteiger partial charge >= 0.3 is 0 Å². The maximum atomic E-state index is 14.3. The average Bonchev–Trinajstić information content (AvgIpc) is 3.61. The summed E-state index contributed by atoms with van der Waals surface area (Å²) in [7, 11) is 0. The molecule has 10 heteroatoms. The topological polar surface area (TPSA) is 171 Å². The Balaban J connectivity index is 3.26. The van der Waals surface area contributed by atoms with Gasteiger partial charge in [-0.15, -0.1) is 0 Å². The number of hydrogen-bond donors (Lipinski definition) is 0. The molecule has 57 heavy (non-hydrogen) atoms. The molecule has 322 valence electrons. The number of hydrogen-bond acceptors (Lipinski definition) is 10. The van der Waals surface area contributed by atoms with Crippen LogP contribution < -0.4 is 0 Å². The van der Waals surface area contributed by atoms with Crippen molar-refractivity contribution in [1.29, 1.82) is 0 Å². The first-order chi connectivity index (χ1) is 26.6. The van der Waals surface area contributed by atoms with E-state index in [1.165, 1.54) is 20.8 Å². The quantitative estimate of drug-likeness (QED) is 0.0600. The second-order valence-corrected chi connectivity index (χ2v) is 18.4. The molecule has 0 radical (unpaired) electrons. The molecule has 0 bridgehead atoms. The van der Waals surface area contributed by atoms with Crippen LogP contribution in [0, 0.1) is 59.2 Å². The molecule has 1 saturated carbocycles. The van der Waals surface area contributed by atoms with Crippen molar-refractivity contribution in [3.63, 3.8) is 0 Å². The molecule has 1 aliphatic rings. The third kappa shape index (κ3) is 18.9. The molecule has 7 atom stereocenters. The molecule has 0 aromatic rings. The average molecular weight is 799 g/mol. The third-order valence-electron chi connectivity index (χ3n) is 11.8. The Labute approximate surface area is 342 Å². The molecular formula is C47H74O10. The fraction of sp³-hybridized carbons (Fsp3) is 0.787. The van der Waals surface area contributed by atoms with E-state index in [-0.39, 0.29) is 128 Å². The summed E-state index contributed by atoms with van der Waals surface area (Å²) >= 11 is 0. The lowest BCUT2D eigenvalue weighted by Crippen LogP contribution is -2.36. The van der Waals surface area contributed by atoms with Crippen LogP contribution >= 0.6 is 0 Å². The van der Waals surface area contributed by atoms with E-state index >= 15 is 0 Å². The molecular weight excluding hydrogens is 725 g/mol. The first kappa shape index (κ1) is 51.7. The van der Waals surface area contributed by atoms with Crippen LogP contribution in [0.2, 0.25) is 0 Å². The molecule has 0 saturated heterocycles. The summed E-state index contributed by atoms with van der Waals surface area (Å²) in [5, 5.41) is 0. The summed E-state index contributed by atoms with van der Waals surface area (Å²) in [5.41, 5.74) is 0. The van der Waals surface area contributed by atoms with Crippen molar-refractivity contribution in [3.05, 3.63) is 0 Å². The molecule has 0 aromatic heterocycles. The fourth-order valence-electron chi connectivity index (χ4n) is 8.55. The fourth-order valence-corrected chi connectivity index (χ4v) is 8.55. The van der Waals surface area contributed by atoms with Gasteiger partial charge in [0.25, 0.3) is 0 Å². The van der Waals surface area contributed by atoms with E-state index in [9.17, 15) is 47.9 Å². The third-order valence-corrected chi connectivity index (χ3v) is 11.8. The predicted molar refractivity (Wildman–Crippen MR) is 220 cm³/mol. The SMILES string of the molecule is CCCC(CC(=O)C1CCCC1C(=O)C(CC(=O)C(CC(=O)C(CCC(C)=O)CC(=O)C(CCC(C)=O)CC(C)C)CC(C)C)C(C)C)C(=O)C(=O)CCC(C)=O. The molecule has 10 nitrogen and oxygen atoms in total. The zero-order valence-electron chi connectivity index (χ0n) is 36.9. The molecule has 0 N–H and O–H groups in total. The Morgan fingerprint density at radius 1 is 0.509 bits per heavy atom. The first-order valence-corrected chi connectivity index (χ1v) is 21.8. The zero-order valence-corrected chi connectivity index (χ0v) is 36.9. The Morgan fingerprint density at radius 3 is 1.49 bits per heavy atom. The van der Waals surface area contributed by atoms with Gasteiger partial charge in [0.1, 0.15) is 46.3 Å². The second kappa shape index (κ2) is 25.9. The van der Waals surface area contributed by atoms with E-state index in [0.717, 1.165) is 0 Å². The van der Waals surface area contributed by atoms with Gasteiger partial charge in [0.05, 0.1) is 0 Å². The monoisotopic (exact) mass is 799 g/mol. The Morgan fingerprint density at radius 2 is 0.982 bits per heavy atom. The van der Waals surface area contributed by atoms with Crippen molar-refractivity contribution in [2.24, 2.45) is 59.2 Å². The van der Waals surface area contributed by atoms with Crippen LogP contribution in [0.1, 0.15) is 178 Å². The van der Waals surface area contributed by atoms with Gasteiger partial charge in [-0.1, -0.05) is 61.3 Å². The van der Waals surface area contributed by atoms with Crippen LogP contribution in [0.4, 0.5) is 0 Å². The minimum atomic E-state index is -0.800. The lowest BCUT2D eigenvalue weighted by Gasteiger charge is -2.28. The van der Waals surface area contributed by atoms with E-state index in [0.29, 0.717) is 51.4 Å². The van der Waals surface area contributed by atoms with Crippen molar-refractivity contribution in [3.8, 4) is 0 Å². The molecule has 1 fully saturated rings. The highest BCUT2D eigenvalue weighted by Crippen LogP contribution is 2.39. The summed E-state index contributed by atoms with van der Waals surface area (Å²) in [6.07, 6.45) is 3.98. The van der Waals surface area contributed by atoms with Crippen LogP contribution in [-0.2, 0) is 47.9 Å². The first-order valence-electron chi connectivity index (χ1n) is 21.8. The minimum Gasteiger partial charge on any atom is -0.300 e. The largest absolute Gasteiger partial charge is 0.300 e. The van der Waals surface area contributed by atoms with Crippen molar-refractivity contribution >= 4 is 57.8 Å². The van der Waals surface area contributed by atoms with Gasteiger partial charge in [-0.3, -0.25) is 33.6 Å². The molecule has 0 heterocycles. The van der Waals surface area contributed by atoms with Gasteiger partial charge in [0.2, 0.25) is 5.78 Å². The molecule has 0 aliphatic heterocycles. The molecule has 0 aromatic carbocycles. The number of ketones is 10. The molecule has 7 unspecified atom stereocenters. The second-order valence-electron chi connectivity index (χ2n) is 18.4. The Bertz CT molecular complexity index is 1430. The predicted octanol–water partition coefficient (Wildman–Crippen LogP) is 8.68. The van der Waals surface area contributed by atoms with Crippen molar-refractivity contribution in [2.45, 2.75) is 178 Å². The van der Waals surface area contributed by atoms with E-state index in [1.54, 1.807) is 0 Å². The number of carbonyl (C=O) groups excluding carboxylic acids is 10. The summed E-state index contributed by atoms with van der Waals surface area (Å²) in [5.74, 6) is -7.01. The van der Waals surface area contributed by atoms with Crippen LogP contribution in [-0.4, -0.2) is 57.8 Å². The number of carbonyl (C=O) groups is 10. The Hall–Kier alpha value is -3.30. The van der Waals surface area contributed by atoms with E-state index in [1.807, 2.05) is 48.5 Å². The van der Waals surface area contributed by atoms with E-state index < -0.39 is 47.1 Å². The van der Waals surface area contributed by atoms with E-state index in [4.69, 9.17) is 0 Å². The van der Waals surface area contributed by atoms with Crippen molar-refractivity contribution in [1.82, 2.24) is 0 Å². The summed E-state index contributed by atoms with van der Waals surface area (Å²) < 4.78 is 0. The molecule has 1 rings (SSSR count). The van der Waals surface area contributed by atoms with Gasteiger partial charge in [0.15, 0.2) is 5.78 Å². The summed E-state index contributed by atoms with van der Waals surface area (Å²) in [4.78, 5) is 131. The van der Waals surface area contributed by atoms with Crippen LogP contribution in [0.15, 0.2) is 0 Å². The smallest absolute Gasteiger partial charge is 0.201 e.